The van der Waals surface area contributed by atoms with E-state index < -0.39 is 0 Å². The highest BCUT2D eigenvalue weighted by molar-refractivity contribution is 7.80. The minimum atomic E-state index is 0.204. The Morgan fingerprint density at radius 2 is 0.938 bits per heavy atom. The van der Waals surface area contributed by atoms with Gasteiger partial charge in [0.05, 0.1) is 0 Å². The Labute approximate surface area is 107 Å². The maximum atomic E-state index is 10.8. The summed E-state index contributed by atoms with van der Waals surface area (Å²) in [4.78, 5) is 12.0. The summed E-state index contributed by atoms with van der Waals surface area (Å²) >= 11 is 5.10. The second-order valence-corrected chi connectivity index (χ2v) is 5.89. The Hall–Kier alpha value is -0.240. The largest absolute Gasteiger partial charge is 0.299 e. The van der Waals surface area contributed by atoms with Crippen LogP contribution in [0.15, 0.2) is 0 Å². The maximum absolute atomic E-state index is 10.8. The third-order valence-electron chi connectivity index (χ3n) is 2.28. The molecule has 0 amide bonds. The standard InChI is InChI=1S/C7H14O.C7H14S/c2*1-5(2)7(8)6(3)4/h2*5-6H,1-4H3. The summed E-state index contributed by atoms with van der Waals surface area (Å²) in [6, 6.07) is 0. The number of carbonyl (C=O) groups excluding carboxylic acids is 1. The molecule has 96 valence electrons. The van der Waals surface area contributed by atoms with E-state index in [1.165, 1.54) is 4.86 Å². The smallest absolute Gasteiger partial charge is 0.137 e. The van der Waals surface area contributed by atoms with Crippen molar-refractivity contribution in [2.45, 2.75) is 55.4 Å². The third kappa shape index (κ3) is 9.02. The molecule has 0 aromatic rings. The lowest BCUT2D eigenvalue weighted by Gasteiger charge is -2.09. The average molecular weight is 244 g/mol. The number of hydrogen-bond donors (Lipinski definition) is 0. The zero-order valence-corrected chi connectivity index (χ0v) is 12.9. The predicted octanol–water partition coefficient (Wildman–Crippen LogP) is 4.54. The summed E-state index contributed by atoms with van der Waals surface area (Å²) < 4.78 is 0. The van der Waals surface area contributed by atoms with E-state index in [9.17, 15) is 4.79 Å². The monoisotopic (exact) mass is 244 g/mol. The second-order valence-electron chi connectivity index (χ2n) is 5.42. The molecule has 0 heterocycles. The SMILES string of the molecule is CC(C)C(=O)C(C)C.CC(C)C(=S)C(C)C. The first-order valence-corrected chi connectivity index (χ1v) is 6.59. The van der Waals surface area contributed by atoms with Crippen LogP contribution in [-0.2, 0) is 4.79 Å². The van der Waals surface area contributed by atoms with Gasteiger partial charge in [0.2, 0.25) is 0 Å². The van der Waals surface area contributed by atoms with E-state index in [0.29, 0.717) is 17.6 Å². The van der Waals surface area contributed by atoms with Crippen molar-refractivity contribution >= 4 is 22.9 Å². The topological polar surface area (TPSA) is 17.1 Å². The first kappa shape index (κ1) is 18.1. The molecule has 1 nitrogen and oxygen atoms in total. The summed E-state index contributed by atoms with van der Waals surface area (Å²) in [5.74, 6) is 1.91. The van der Waals surface area contributed by atoms with Gasteiger partial charge in [-0.3, -0.25) is 4.79 Å². The molecular weight excluding hydrogens is 216 g/mol. The first-order chi connectivity index (χ1) is 7.11. The molecule has 0 radical (unpaired) electrons. The number of carbonyl (C=O) groups is 1. The van der Waals surface area contributed by atoms with E-state index in [1.807, 2.05) is 27.7 Å². The van der Waals surface area contributed by atoms with E-state index in [1.54, 1.807) is 0 Å². The average Bonchev–Trinajstić information content (AvgIpc) is 2.15. The fourth-order valence-electron chi connectivity index (χ4n) is 1.33. The van der Waals surface area contributed by atoms with Gasteiger partial charge < -0.3 is 0 Å². The number of ketones is 1. The van der Waals surface area contributed by atoms with Crippen molar-refractivity contribution in [1.82, 2.24) is 0 Å². The van der Waals surface area contributed by atoms with Gasteiger partial charge in [0.15, 0.2) is 0 Å². The van der Waals surface area contributed by atoms with Crippen molar-refractivity contribution in [3.8, 4) is 0 Å². The molecule has 0 aromatic heterocycles. The predicted molar refractivity (Wildman–Crippen MR) is 77.0 cm³/mol. The molecule has 0 spiro atoms. The quantitative estimate of drug-likeness (QED) is 0.676. The Bertz CT molecular complexity index is 171. The van der Waals surface area contributed by atoms with Crippen molar-refractivity contribution in [2.24, 2.45) is 23.7 Å². The molecule has 0 N–H and O–H groups in total. The molecule has 0 atom stereocenters. The Balaban J connectivity index is 0. The van der Waals surface area contributed by atoms with Crippen LogP contribution in [0.3, 0.4) is 0 Å². The lowest BCUT2D eigenvalue weighted by atomic mass is 9.99. The molecule has 2 heteroatoms. The van der Waals surface area contributed by atoms with E-state index >= 15 is 0 Å². The first-order valence-electron chi connectivity index (χ1n) is 6.18. The molecule has 0 aliphatic rings. The highest BCUT2D eigenvalue weighted by Crippen LogP contribution is 2.06. The van der Waals surface area contributed by atoms with Crippen LogP contribution in [0.4, 0.5) is 0 Å². The van der Waals surface area contributed by atoms with Crippen LogP contribution in [0.2, 0.25) is 0 Å². The van der Waals surface area contributed by atoms with Crippen LogP contribution < -0.4 is 0 Å². The van der Waals surface area contributed by atoms with Crippen LogP contribution in [0.25, 0.3) is 0 Å². The van der Waals surface area contributed by atoms with E-state index in [2.05, 4.69) is 27.7 Å². The number of thiocarbonyl (C=S) groups is 1. The number of hydrogen-bond acceptors (Lipinski definition) is 2. The molecule has 16 heavy (non-hydrogen) atoms. The molecule has 0 bridgehead atoms. The van der Waals surface area contributed by atoms with Crippen molar-refractivity contribution in [2.75, 3.05) is 0 Å². The summed E-state index contributed by atoms with van der Waals surface area (Å²) in [6.45, 7) is 16.3. The van der Waals surface area contributed by atoms with Gasteiger partial charge in [-0.25, -0.2) is 0 Å². The highest BCUT2D eigenvalue weighted by Gasteiger charge is 2.10. The molecule has 0 unspecified atom stereocenters. The molecule has 0 saturated heterocycles. The van der Waals surface area contributed by atoms with Crippen molar-refractivity contribution in [3.05, 3.63) is 0 Å². The molecule has 0 fully saturated rings. The lowest BCUT2D eigenvalue weighted by Crippen LogP contribution is -2.13. The molecule has 0 aliphatic heterocycles. The fourth-order valence-corrected chi connectivity index (χ4v) is 1.33. The van der Waals surface area contributed by atoms with Gasteiger partial charge in [-0.05, 0) is 16.7 Å². The zero-order chi connectivity index (χ0) is 13.5. The molecular formula is C14H28OS. The van der Waals surface area contributed by atoms with Gasteiger partial charge >= 0.3 is 0 Å². The van der Waals surface area contributed by atoms with E-state index in [0.717, 1.165) is 0 Å². The lowest BCUT2D eigenvalue weighted by molar-refractivity contribution is -0.124. The zero-order valence-electron chi connectivity index (χ0n) is 12.1. The van der Waals surface area contributed by atoms with Gasteiger partial charge in [-0.1, -0.05) is 67.6 Å². The molecule has 0 aromatic carbocycles. The van der Waals surface area contributed by atoms with Gasteiger partial charge in [0.25, 0.3) is 0 Å². The van der Waals surface area contributed by atoms with E-state index in [-0.39, 0.29) is 11.8 Å². The summed E-state index contributed by atoms with van der Waals surface area (Å²) in [6.07, 6.45) is 0. The molecule has 0 aliphatic carbocycles. The van der Waals surface area contributed by atoms with Gasteiger partial charge in [0, 0.05) is 11.8 Å². The van der Waals surface area contributed by atoms with E-state index in [4.69, 9.17) is 12.2 Å². The molecule has 0 rings (SSSR count). The molecule has 0 saturated carbocycles. The minimum absolute atomic E-state index is 0.204. The normalized spacial score (nSPS) is 10.8. The van der Waals surface area contributed by atoms with Crippen LogP contribution in [-0.4, -0.2) is 10.6 Å². The van der Waals surface area contributed by atoms with Crippen LogP contribution >= 0.6 is 12.2 Å². The van der Waals surface area contributed by atoms with Gasteiger partial charge in [-0.15, -0.1) is 0 Å². The summed E-state index contributed by atoms with van der Waals surface area (Å²) in [5, 5.41) is 0. The van der Waals surface area contributed by atoms with Crippen LogP contribution in [0, 0.1) is 23.7 Å². The summed E-state index contributed by atoms with van der Waals surface area (Å²) in [5.41, 5.74) is 0. The Morgan fingerprint density at radius 1 is 0.688 bits per heavy atom. The highest BCUT2D eigenvalue weighted by atomic mass is 32.1. The second kappa shape index (κ2) is 8.86. The maximum Gasteiger partial charge on any atom is 0.137 e. The van der Waals surface area contributed by atoms with Gasteiger partial charge in [-0.2, -0.15) is 0 Å². The Morgan fingerprint density at radius 3 is 0.938 bits per heavy atom. The fraction of sp³-hybridized carbons (Fsp3) is 0.857. The minimum Gasteiger partial charge on any atom is -0.299 e. The number of Topliss-reactive ketones (excluding diaryl/α,β-unsaturated/α-hetero) is 1. The van der Waals surface area contributed by atoms with Gasteiger partial charge in [0.1, 0.15) is 5.78 Å². The van der Waals surface area contributed by atoms with Crippen molar-refractivity contribution < 1.29 is 4.79 Å². The summed E-state index contributed by atoms with van der Waals surface area (Å²) in [7, 11) is 0. The van der Waals surface area contributed by atoms with Crippen LogP contribution in [0.1, 0.15) is 55.4 Å². The third-order valence-corrected chi connectivity index (χ3v) is 3.22. The van der Waals surface area contributed by atoms with Crippen molar-refractivity contribution in [3.63, 3.8) is 0 Å². The Kier molecular flexibility index (Phi) is 10.0. The van der Waals surface area contributed by atoms with Crippen LogP contribution in [0.5, 0.6) is 0 Å². The number of rotatable bonds is 4. The van der Waals surface area contributed by atoms with Crippen molar-refractivity contribution in [1.29, 1.82) is 0 Å².